The van der Waals surface area contributed by atoms with Crippen LogP contribution in [0.25, 0.3) is 0 Å². The number of nitrogens with one attached hydrogen (secondary N) is 1. The van der Waals surface area contributed by atoms with Crippen molar-refractivity contribution in [2.75, 3.05) is 6.54 Å². The van der Waals surface area contributed by atoms with Crippen LogP contribution in [0.1, 0.15) is 41.1 Å². The van der Waals surface area contributed by atoms with Gasteiger partial charge < -0.3 is 10.4 Å². The standard InChI is InChI=1S/C20H20BrClN2O2/c21-14-7-13-2-1-11-8-15(22)3-4-16(11)18(19(13)24-10-14)12-5-6-23-17(9-12)20(25)26/h3-4,7-8,10,12,17-18,23H,1-2,5-6,9H2,(H,25,26)/t12-,17?,18-/m1/s1. The lowest BCUT2D eigenvalue weighted by Crippen LogP contribution is -2.45. The number of aliphatic carboxylic acids is 1. The summed E-state index contributed by atoms with van der Waals surface area (Å²) in [7, 11) is 0. The smallest absolute Gasteiger partial charge is 0.320 e. The van der Waals surface area contributed by atoms with E-state index in [1.807, 2.05) is 12.3 Å². The van der Waals surface area contributed by atoms with E-state index in [9.17, 15) is 9.90 Å². The quantitative estimate of drug-likeness (QED) is 0.743. The maximum Gasteiger partial charge on any atom is 0.320 e. The van der Waals surface area contributed by atoms with Gasteiger partial charge in [-0.3, -0.25) is 9.78 Å². The van der Waals surface area contributed by atoms with Crippen LogP contribution in [0.3, 0.4) is 0 Å². The van der Waals surface area contributed by atoms with Crippen LogP contribution in [0.2, 0.25) is 5.02 Å². The molecule has 6 heteroatoms. The largest absolute Gasteiger partial charge is 0.480 e. The van der Waals surface area contributed by atoms with Crippen LogP contribution < -0.4 is 5.32 Å². The summed E-state index contributed by atoms with van der Waals surface area (Å²) in [6.45, 7) is 0.715. The highest BCUT2D eigenvalue weighted by Gasteiger charge is 2.36. The number of nitrogens with zero attached hydrogens (tertiary/aromatic N) is 1. The Morgan fingerprint density at radius 1 is 1.27 bits per heavy atom. The van der Waals surface area contributed by atoms with Crippen molar-refractivity contribution in [2.24, 2.45) is 5.92 Å². The first kappa shape index (κ1) is 18.0. The van der Waals surface area contributed by atoms with E-state index in [1.54, 1.807) is 0 Å². The maximum absolute atomic E-state index is 11.5. The van der Waals surface area contributed by atoms with Crippen LogP contribution in [0.5, 0.6) is 0 Å². The molecule has 1 aromatic carbocycles. The second-order valence-electron chi connectivity index (χ2n) is 7.15. The van der Waals surface area contributed by atoms with Gasteiger partial charge in [0.15, 0.2) is 0 Å². The van der Waals surface area contributed by atoms with Crippen LogP contribution in [-0.4, -0.2) is 28.6 Å². The molecule has 4 nitrogen and oxygen atoms in total. The highest BCUT2D eigenvalue weighted by atomic mass is 79.9. The van der Waals surface area contributed by atoms with E-state index in [-0.39, 0.29) is 11.8 Å². The van der Waals surface area contributed by atoms with Crippen molar-refractivity contribution >= 4 is 33.5 Å². The van der Waals surface area contributed by atoms with Gasteiger partial charge in [-0.15, -0.1) is 0 Å². The van der Waals surface area contributed by atoms with Crippen molar-refractivity contribution in [3.05, 3.63) is 62.3 Å². The van der Waals surface area contributed by atoms with E-state index >= 15 is 0 Å². The predicted octanol–water partition coefficient (Wildman–Crippen LogP) is 4.18. The van der Waals surface area contributed by atoms with Gasteiger partial charge in [-0.25, -0.2) is 0 Å². The van der Waals surface area contributed by atoms with Crippen molar-refractivity contribution in [1.82, 2.24) is 10.3 Å². The molecular weight excluding hydrogens is 416 g/mol. The molecule has 1 aliphatic carbocycles. The average Bonchev–Trinajstić information content (AvgIpc) is 2.78. The van der Waals surface area contributed by atoms with E-state index in [1.165, 1.54) is 16.7 Å². The second-order valence-corrected chi connectivity index (χ2v) is 8.50. The highest BCUT2D eigenvalue weighted by Crippen LogP contribution is 2.43. The van der Waals surface area contributed by atoms with E-state index in [4.69, 9.17) is 16.6 Å². The summed E-state index contributed by atoms with van der Waals surface area (Å²) in [4.78, 5) is 16.3. The SMILES string of the molecule is O=C(O)C1C[C@H]([C@@H]2c3ccc(Cl)cc3CCc3cc(Br)cnc32)CCN1. The Hall–Kier alpha value is -1.43. The fourth-order valence-corrected chi connectivity index (χ4v) is 4.97. The zero-order valence-electron chi connectivity index (χ0n) is 14.2. The fourth-order valence-electron chi connectivity index (χ4n) is 4.40. The Kier molecular flexibility index (Phi) is 5.04. The Morgan fingerprint density at radius 3 is 2.88 bits per heavy atom. The number of benzene rings is 1. The van der Waals surface area contributed by atoms with Gasteiger partial charge >= 0.3 is 5.97 Å². The van der Waals surface area contributed by atoms with E-state index in [0.717, 1.165) is 34.5 Å². The summed E-state index contributed by atoms with van der Waals surface area (Å²) < 4.78 is 0.979. The first-order chi connectivity index (χ1) is 12.5. The van der Waals surface area contributed by atoms with E-state index in [2.05, 4.69) is 39.4 Å². The van der Waals surface area contributed by atoms with Crippen molar-refractivity contribution in [2.45, 2.75) is 37.6 Å². The summed E-state index contributed by atoms with van der Waals surface area (Å²) in [5.74, 6) is -0.428. The summed E-state index contributed by atoms with van der Waals surface area (Å²) in [6, 6.07) is 7.76. The van der Waals surface area contributed by atoms with Crippen molar-refractivity contribution in [3.63, 3.8) is 0 Å². The van der Waals surface area contributed by atoms with Gasteiger partial charge in [-0.1, -0.05) is 17.7 Å². The topological polar surface area (TPSA) is 62.2 Å². The third kappa shape index (κ3) is 3.40. The predicted molar refractivity (Wildman–Crippen MR) is 105 cm³/mol. The van der Waals surface area contributed by atoms with Crippen LogP contribution >= 0.6 is 27.5 Å². The van der Waals surface area contributed by atoms with Gasteiger partial charge in [-0.05, 0) is 89.0 Å². The molecule has 1 aromatic heterocycles. The van der Waals surface area contributed by atoms with Crippen molar-refractivity contribution < 1.29 is 9.90 Å². The number of halogens is 2. The molecule has 1 aliphatic heterocycles. The number of carboxylic acid groups (broad SMARTS) is 1. The molecule has 2 N–H and O–H groups in total. The van der Waals surface area contributed by atoms with Gasteiger partial charge in [-0.2, -0.15) is 0 Å². The first-order valence-corrected chi connectivity index (χ1v) is 10.1. The average molecular weight is 436 g/mol. The lowest BCUT2D eigenvalue weighted by atomic mass is 9.75. The number of pyridine rings is 1. The molecule has 0 bridgehead atoms. The number of carboxylic acids is 1. The van der Waals surface area contributed by atoms with Gasteiger partial charge in [0, 0.05) is 21.6 Å². The van der Waals surface area contributed by atoms with Crippen molar-refractivity contribution in [3.8, 4) is 0 Å². The van der Waals surface area contributed by atoms with Crippen LogP contribution in [0, 0.1) is 5.92 Å². The second kappa shape index (κ2) is 7.29. The normalized spacial score (nSPS) is 25.1. The van der Waals surface area contributed by atoms with Gasteiger partial charge in [0.2, 0.25) is 0 Å². The number of hydrogen-bond acceptors (Lipinski definition) is 3. The van der Waals surface area contributed by atoms with E-state index < -0.39 is 12.0 Å². The Labute approximate surface area is 166 Å². The maximum atomic E-state index is 11.5. The lowest BCUT2D eigenvalue weighted by molar-refractivity contribution is -0.140. The third-order valence-corrected chi connectivity index (χ3v) is 6.25. The molecule has 1 saturated heterocycles. The molecule has 4 rings (SSSR count). The fraction of sp³-hybridized carbons (Fsp3) is 0.400. The third-order valence-electron chi connectivity index (χ3n) is 5.58. The molecular formula is C20H20BrClN2O2. The lowest BCUT2D eigenvalue weighted by Gasteiger charge is -2.34. The van der Waals surface area contributed by atoms with Crippen LogP contribution in [0.4, 0.5) is 0 Å². The Morgan fingerprint density at radius 2 is 2.08 bits per heavy atom. The number of fused-ring (bicyclic) bond motifs is 2. The molecule has 0 spiro atoms. The number of hydrogen-bond donors (Lipinski definition) is 2. The first-order valence-electron chi connectivity index (χ1n) is 8.91. The van der Waals surface area contributed by atoms with Crippen LogP contribution in [0.15, 0.2) is 34.9 Å². The molecule has 2 aromatic rings. The molecule has 0 saturated carbocycles. The number of piperidine rings is 1. The molecule has 0 radical (unpaired) electrons. The number of aromatic nitrogens is 1. The molecule has 3 atom stereocenters. The van der Waals surface area contributed by atoms with Gasteiger partial charge in [0.1, 0.15) is 6.04 Å². The minimum atomic E-state index is -0.774. The summed E-state index contributed by atoms with van der Waals surface area (Å²) in [6.07, 6.45) is 5.24. The molecule has 26 heavy (non-hydrogen) atoms. The molecule has 1 fully saturated rings. The Balaban J connectivity index is 1.82. The van der Waals surface area contributed by atoms with Gasteiger partial charge in [0.05, 0.1) is 5.69 Å². The molecule has 2 heterocycles. The van der Waals surface area contributed by atoms with E-state index in [0.29, 0.717) is 13.0 Å². The zero-order chi connectivity index (χ0) is 18.3. The summed E-state index contributed by atoms with van der Waals surface area (Å²) >= 11 is 9.79. The van der Waals surface area contributed by atoms with Gasteiger partial charge in [0.25, 0.3) is 0 Å². The number of carbonyl (C=O) groups is 1. The molecule has 2 aliphatic rings. The summed E-state index contributed by atoms with van der Waals surface area (Å²) in [5.41, 5.74) is 4.83. The highest BCUT2D eigenvalue weighted by molar-refractivity contribution is 9.10. The van der Waals surface area contributed by atoms with Crippen LogP contribution in [-0.2, 0) is 17.6 Å². The summed E-state index contributed by atoms with van der Waals surface area (Å²) in [5, 5.41) is 13.3. The minimum absolute atomic E-state index is 0.108. The Bertz CT molecular complexity index is 804. The molecule has 1 unspecified atom stereocenters. The molecule has 0 amide bonds. The number of rotatable bonds is 2. The zero-order valence-corrected chi connectivity index (χ0v) is 16.6. The number of aryl methyl sites for hydroxylation is 2. The monoisotopic (exact) mass is 434 g/mol. The minimum Gasteiger partial charge on any atom is -0.480 e. The molecule has 136 valence electrons. The van der Waals surface area contributed by atoms with Crippen molar-refractivity contribution in [1.29, 1.82) is 0 Å².